The maximum atomic E-state index is 13.3. The number of carboxylic acids is 1. The third-order valence-electron chi connectivity index (χ3n) is 3.28. The second kappa shape index (κ2) is 6.02. The van der Waals surface area contributed by atoms with E-state index in [1.165, 1.54) is 18.2 Å². The van der Waals surface area contributed by atoms with Gasteiger partial charge in [-0.25, -0.2) is 4.39 Å². The summed E-state index contributed by atoms with van der Waals surface area (Å²) in [7, 11) is 0. The maximum Gasteiger partial charge on any atom is 0.311 e. The van der Waals surface area contributed by atoms with Crippen LogP contribution in [0, 0.1) is 17.2 Å². The van der Waals surface area contributed by atoms with Gasteiger partial charge in [0.25, 0.3) is 0 Å². The summed E-state index contributed by atoms with van der Waals surface area (Å²) in [5.74, 6) is -1.22. The highest BCUT2D eigenvalue weighted by molar-refractivity contribution is 5.76. The van der Waals surface area contributed by atoms with Crippen LogP contribution in [-0.2, 0) is 11.2 Å². The van der Waals surface area contributed by atoms with Crippen LogP contribution in [0.4, 0.5) is 10.1 Å². The van der Waals surface area contributed by atoms with Gasteiger partial charge < -0.3 is 16.6 Å². The molecule has 0 radical (unpaired) electrons. The average Bonchev–Trinajstić information content (AvgIpc) is 2.32. The van der Waals surface area contributed by atoms with Gasteiger partial charge in [-0.05, 0) is 42.5 Å². The number of halogens is 1. The van der Waals surface area contributed by atoms with E-state index < -0.39 is 17.2 Å². The molecular weight excluding hydrogens is 247 g/mol. The first-order valence-corrected chi connectivity index (χ1v) is 6.28. The molecule has 5 N–H and O–H groups in total. The van der Waals surface area contributed by atoms with Gasteiger partial charge in [0.15, 0.2) is 0 Å². The molecule has 106 valence electrons. The topological polar surface area (TPSA) is 89.3 Å². The molecule has 1 atom stereocenters. The van der Waals surface area contributed by atoms with Crippen LogP contribution in [0.1, 0.15) is 25.8 Å². The Morgan fingerprint density at radius 3 is 2.58 bits per heavy atom. The monoisotopic (exact) mass is 268 g/mol. The van der Waals surface area contributed by atoms with Crippen LogP contribution in [0.3, 0.4) is 0 Å². The van der Waals surface area contributed by atoms with Crippen molar-refractivity contribution in [2.75, 3.05) is 12.3 Å². The number of carboxylic acid groups (broad SMARTS) is 1. The second-order valence-electron chi connectivity index (χ2n) is 5.41. The fourth-order valence-electron chi connectivity index (χ4n) is 2.35. The molecule has 19 heavy (non-hydrogen) atoms. The summed E-state index contributed by atoms with van der Waals surface area (Å²) < 4.78 is 13.3. The van der Waals surface area contributed by atoms with Crippen molar-refractivity contribution in [3.63, 3.8) is 0 Å². The maximum absolute atomic E-state index is 13.3. The summed E-state index contributed by atoms with van der Waals surface area (Å²) >= 11 is 0. The summed E-state index contributed by atoms with van der Waals surface area (Å²) in [5, 5.41) is 9.48. The lowest BCUT2D eigenvalue weighted by atomic mass is 9.75. The van der Waals surface area contributed by atoms with Gasteiger partial charge in [0.1, 0.15) is 5.82 Å². The predicted molar refractivity (Wildman–Crippen MR) is 73.1 cm³/mol. The Kier molecular flexibility index (Phi) is 4.89. The smallest absolute Gasteiger partial charge is 0.311 e. The standard InChI is InChI=1S/C14H21FN2O2/c1-9(2)6-14(8-16,13(18)19)7-10-5-11(15)3-4-12(10)17/h3-5,9H,6-8,16-17H2,1-2H3,(H,18,19). The van der Waals surface area contributed by atoms with E-state index in [-0.39, 0.29) is 18.9 Å². The Bertz CT molecular complexity index is 463. The van der Waals surface area contributed by atoms with Crippen molar-refractivity contribution in [3.05, 3.63) is 29.6 Å². The number of benzene rings is 1. The third-order valence-corrected chi connectivity index (χ3v) is 3.28. The number of anilines is 1. The van der Waals surface area contributed by atoms with Crippen LogP contribution >= 0.6 is 0 Å². The van der Waals surface area contributed by atoms with Gasteiger partial charge in [-0.1, -0.05) is 13.8 Å². The molecule has 0 aliphatic heterocycles. The predicted octanol–water partition coefficient (Wildman–Crippen LogP) is 2.03. The molecule has 1 aromatic rings. The van der Waals surface area contributed by atoms with E-state index in [0.717, 1.165) is 0 Å². The summed E-state index contributed by atoms with van der Waals surface area (Å²) in [6, 6.07) is 3.98. The van der Waals surface area contributed by atoms with E-state index >= 15 is 0 Å². The molecule has 0 aliphatic rings. The number of hydrogen-bond donors (Lipinski definition) is 3. The van der Waals surface area contributed by atoms with E-state index in [1.807, 2.05) is 13.8 Å². The van der Waals surface area contributed by atoms with Crippen molar-refractivity contribution >= 4 is 11.7 Å². The SMILES string of the molecule is CC(C)CC(CN)(Cc1cc(F)ccc1N)C(=O)O. The van der Waals surface area contributed by atoms with Gasteiger partial charge >= 0.3 is 5.97 Å². The highest BCUT2D eigenvalue weighted by atomic mass is 19.1. The van der Waals surface area contributed by atoms with Crippen LogP contribution in [0.5, 0.6) is 0 Å². The molecule has 0 saturated carbocycles. The molecule has 0 spiro atoms. The zero-order valence-corrected chi connectivity index (χ0v) is 11.3. The summed E-state index contributed by atoms with van der Waals surface area (Å²) in [5.41, 5.74) is 11.2. The Labute approximate surface area is 112 Å². The number of aliphatic carboxylic acids is 1. The van der Waals surface area contributed by atoms with Gasteiger partial charge in [-0.15, -0.1) is 0 Å². The number of hydrogen-bond acceptors (Lipinski definition) is 3. The van der Waals surface area contributed by atoms with Gasteiger partial charge in [-0.3, -0.25) is 4.79 Å². The Balaban J connectivity index is 3.13. The van der Waals surface area contributed by atoms with Crippen LogP contribution in [0.25, 0.3) is 0 Å². The lowest BCUT2D eigenvalue weighted by Gasteiger charge is -2.30. The minimum absolute atomic E-state index is 0.00351. The number of rotatable bonds is 6. The lowest BCUT2D eigenvalue weighted by molar-refractivity contribution is -0.149. The fourth-order valence-corrected chi connectivity index (χ4v) is 2.35. The molecule has 1 unspecified atom stereocenters. The van der Waals surface area contributed by atoms with Crippen LogP contribution in [-0.4, -0.2) is 17.6 Å². The zero-order chi connectivity index (χ0) is 14.6. The first kappa shape index (κ1) is 15.4. The van der Waals surface area contributed by atoms with Crippen molar-refractivity contribution in [3.8, 4) is 0 Å². The molecule has 5 heteroatoms. The average molecular weight is 268 g/mol. The quantitative estimate of drug-likeness (QED) is 0.689. The fraction of sp³-hybridized carbons (Fsp3) is 0.500. The van der Waals surface area contributed by atoms with Crippen LogP contribution < -0.4 is 11.5 Å². The summed E-state index contributed by atoms with van der Waals surface area (Å²) in [4.78, 5) is 11.6. The van der Waals surface area contributed by atoms with Crippen molar-refractivity contribution in [1.82, 2.24) is 0 Å². The molecule has 0 aromatic heterocycles. The molecule has 0 bridgehead atoms. The first-order chi connectivity index (χ1) is 8.80. The third kappa shape index (κ3) is 3.67. The summed E-state index contributed by atoms with van der Waals surface area (Å²) in [6.45, 7) is 3.86. The van der Waals surface area contributed by atoms with Gasteiger partial charge in [0, 0.05) is 12.2 Å². The molecule has 0 aliphatic carbocycles. The van der Waals surface area contributed by atoms with E-state index in [9.17, 15) is 14.3 Å². The molecule has 1 rings (SSSR count). The molecule has 0 amide bonds. The van der Waals surface area contributed by atoms with Crippen molar-refractivity contribution in [1.29, 1.82) is 0 Å². The second-order valence-corrected chi connectivity index (χ2v) is 5.41. The molecule has 0 fully saturated rings. The first-order valence-electron chi connectivity index (χ1n) is 6.28. The minimum atomic E-state index is -1.10. The normalized spacial score (nSPS) is 14.4. The Morgan fingerprint density at radius 1 is 1.47 bits per heavy atom. The van der Waals surface area contributed by atoms with E-state index in [2.05, 4.69) is 0 Å². The largest absolute Gasteiger partial charge is 0.481 e. The lowest BCUT2D eigenvalue weighted by Crippen LogP contribution is -2.42. The van der Waals surface area contributed by atoms with Crippen LogP contribution in [0.2, 0.25) is 0 Å². The van der Waals surface area contributed by atoms with Crippen molar-refractivity contribution in [2.45, 2.75) is 26.7 Å². The van der Waals surface area contributed by atoms with Gasteiger partial charge in [-0.2, -0.15) is 0 Å². The zero-order valence-electron chi connectivity index (χ0n) is 11.3. The molecule has 0 saturated heterocycles. The minimum Gasteiger partial charge on any atom is -0.481 e. The van der Waals surface area contributed by atoms with E-state index in [0.29, 0.717) is 17.7 Å². The van der Waals surface area contributed by atoms with Gasteiger partial charge in [0.2, 0.25) is 0 Å². The van der Waals surface area contributed by atoms with Crippen LogP contribution in [0.15, 0.2) is 18.2 Å². The van der Waals surface area contributed by atoms with Crippen molar-refractivity contribution < 1.29 is 14.3 Å². The highest BCUT2D eigenvalue weighted by Gasteiger charge is 2.38. The van der Waals surface area contributed by atoms with Crippen molar-refractivity contribution in [2.24, 2.45) is 17.1 Å². The molecule has 1 aromatic carbocycles. The molecule has 4 nitrogen and oxygen atoms in total. The van der Waals surface area contributed by atoms with Gasteiger partial charge in [0.05, 0.1) is 5.41 Å². The highest BCUT2D eigenvalue weighted by Crippen LogP contribution is 2.32. The van der Waals surface area contributed by atoms with E-state index in [1.54, 1.807) is 0 Å². The Hall–Kier alpha value is -1.62. The number of nitrogens with two attached hydrogens (primary N) is 2. The van der Waals surface area contributed by atoms with E-state index in [4.69, 9.17) is 11.5 Å². The number of nitrogen functional groups attached to an aromatic ring is 1. The Morgan fingerprint density at radius 2 is 2.11 bits per heavy atom. The number of carbonyl (C=O) groups is 1. The molecule has 0 heterocycles. The molecular formula is C14H21FN2O2. The summed E-state index contributed by atoms with van der Waals surface area (Å²) in [6.07, 6.45) is 0.565.